The smallest absolute Gasteiger partial charge is 0.160 e. The van der Waals surface area contributed by atoms with E-state index in [1.54, 1.807) is 0 Å². The van der Waals surface area contributed by atoms with Gasteiger partial charge in [0.15, 0.2) is 5.82 Å². The third-order valence-corrected chi connectivity index (χ3v) is 1.46. The lowest BCUT2D eigenvalue weighted by Gasteiger charge is -1.95. The minimum Gasteiger partial charge on any atom is -0.411 e. The third kappa shape index (κ3) is 1.65. The van der Waals surface area contributed by atoms with E-state index in [1.807, 2.05) is 0 Å². The first-order chi connectivity index (χ1) is 5.25. The Bertz CT molecular complexity index is 290. The Morgan fingerprint density at radius 2 is 2.36 bits per heavy atom. The lowest BCUT2D eigenvalue weighted by atomic mass is 10.3. The molecule has 3 nitrogen and oxygen atoms in total. The highest BCUT2D eigenvalue weighted by molar-refractivity contribution is 6.33. The quantitative estimate of drug-likeness (QED) is 0.400. The van der Waals surface area contributed by atoms with E-state index in [0.29, 0.717) is 0 Å². The van der Waals surface area contributed by atoms with Gasteiger partial charge >= 0.3 is 0 Å². The Kier molecular flexibility index (Phi) is 2.38. The van der Waals surface area contributed by atoms with Gasteiger partial charge in [-0.3, -0.25) is 4.98 Å². The summed E-state index contributed by atoms with van der Waals surface area (Å²) in [5, 5.41) is 10.7. The number of oxime groups is 1. The molecule has 0 saturated heterocycles. The first kappa shape index (κ1) is 7.94. The molecule has 1 rings (SSSR count). The fourth-order valence-corrected chi connectivity index (χ4v) is 0.733. The van der Waals surface area contributed by atoms with Gasteiger partial charge in [-0.05, 0) is 0 Å². The molecule has 1 aromatic rings. The summed E-state index contributed by atoms with van der Waals surface area (Å²) in [5.74, 6) is -0.635. The molecular weight excluding hydrogens is 171 g/mol. The monoisotopic (exact) mass is 174 g/mol. The van der Waals surface area contributed by atoms with Gasteiger partial charge in [0.1, 0.15) is 0 Å². The van der Waals surface area contributed by atoms with Crippen LogP contribution in [0.25, 0.3) is 0 Å². The fraction of sp³-hybridized carbons (Fsp3) is 0. The maximum absolute atomic E-state index is 12.6. The number of hydrogen-bond acceptors (Lipinski definition) is 3. The first-order valence-electron chi connectivity index (χ1n) is 2.72. The molecule has 0 atom stereocenters. The van der Waals surface area contributed by atoms with Gasteiger partial charge in [0.05, 0.1) is 17.4 Å². The van der Waals surface area contributed by atoms with E-state index < -0.39 is 5.82 Å². The van der Waals surface area contributed by atoms with E-state index in [0.717, 1.165) is 12.4 Å². The Morgan fingerprint density at radius 3 is 3.00 bits per heavy atom. The van der Waals surface area contributed by atoms with Gasteiger partial charge in [-0.1, -0.05) is 16.8 Å². The summed E-state index contributed by atoms with van der Waals surface area (Å²) in [6.45, 7) is 0. The van der Waals surface area contributed by atoms with E-state index in [2.05, 4.69) is 10.1 Å². The Morgan fingerprint density at radius 1 is 1.64 bits per heavy atom. The average Bonchev–Trinajstić information content (AvgIpc) is 1.99. The Labute approximate surface area is 67.1 Å². The molecule has 1 aromatic heterocycles. The summed E-state index contributed by atoms with van der Waals surface area (Å²) in [4.78, 5) is 3.50. The third-order valence-electron chi connectivity index (χ3n) is 1.06. The molecule has 0 radical (unpaired) electrons. The van der Waals surface area contributed by atoms with Crippen LogP contribution in [0.3, 0.4) is 0 Å². The van der Waals surface area contributed by atoms with Gasteiger partial charge < -0.3 is 5.21 Å². The fourth-order valence-electron chi connectivity index (χ4n) is 0.586. The average molecular weight is 175 g/mol. The Hall–Kier alpha value is -1.16. The van der Waals surface area contributed by atoms with Gasteiger partial charge in [-0.2, -0.15) is 0 Å². The van der Waals surface area contributed by atoms with E-state index in [-0.39, 0.29) is 10.6 Å². The normalized spacial score (nSPS) is 10.7. The van der Waals surface area contributed by atoms with Crippen LogP contribution in [0.1, 0.15) is 5.56 Å². The molecule has 0 spiro atoms. The van der Waals surface area contributed by atoms with Gasteiger partial charge in [-0.15, -0.1) is 0 Å². The second kappa shape index (κ2) is 3.30. The predicted octanol–water partition coefficient (Wildman–Crippen LogP) is 1.68. The molecule has 0 amide bonds. The van der Waals surface area contributed by atoms with Crippen molar-refractivity contribution in [1.82, 2.24) is 4.98 Å². The molecule has 0 bridgehead atoms. The van der Waals surface area contributed by atoms with Crippen molar-refractivity contribution in [2.45, 2.75) is 0 Å². The number of rotatable bonds is 1. The van der Waals surface area contributed by atoms with Crippen molar-refractivity contribution in [3.63, 3.8) is 0 Å². The molecule has 0 fully saturated rings. The predicted molar refractivity (Wildman–Crippen MR) is 38.6 cm³/mol. The first-order valence-corrected chi connectivity index (χ1v) is 3.10. The van der Waals surface area contributed by atoms with Crippen LogP contribution in [0.4, 0.5) is 4.39 Å². The van der Waals surface area contributed by atoms with Gasteiger partial charge in [0, 0.05) is 11.8 Å². The number of pyridine rings is 1. The molecule has 0 unspecified atom stereocenters. The maximum atomic E-state index is 12.6. The number of halogens is 2. The second-order valence-electron chi connectivity index (χ2n) is 1.77. The topological polar surface area (TPSA) is 45.5 Å². The van der Waals surface area contributed by atoms with Crippen LogP contribution in [0.15, 0.2) is 17.5 Å². The number of hydrogen-bond donors (Lipinski definition) is 1. The summed E-state index contributed by atoms with van der Waals surface area (Å²) in [5.41, 5.74) is 0.245. The summed E-state index contributed by atoms with van der Waals surface area (Å²) in [7, 11) is 0. The van der Waals surface area contributed by atoms with Crippen molar-refractivity contribution in [3.8, 4) is 0 Å². The van der Waals surface area contributed by atoms with Crippen LogP contribution in [0.2, 0.25) is 5.02 Å². The summed E-state index contributed by atoms with van der Waals surface area (Å²) >= 11 is 5.45. The molecule has 0 aliphatic rings. The van der Waals surface area contributed by atoms with E-state index >= 15 is 0 Å². The van der Waals surface area contributed by atoms with Gasteiger partial charge in [0.2, 0.25) is 0 Å². The van der Waals surface area contributed by atoms with E-state index in [4.69, 9.17) is 16.8 Å². The Balaban J connectivity index is 3.16. The molecule has 1 heterocycles. The molecule has 0 aliphatic heterocycles. The highest BCUT2D eigenvalue weighted by Crippen LogP contribution is 2.15. The zero-order valence-electron chi connectivity index (χ0n) is 5.33. The molecule has 0 aromatic carbocycles. The van der Waals surface area contributed by atoms with Crippen molar-refractivity contribution in [3.05, 3.63) is 28.8 Å². The van der Waals surface area contributed by atoms with Crippen LogP contribution in [-0.4, -0.2) is 16.4 Å². The van der Waals surface area contributed by atoms with Gasteiger partial charge in [0.25, 0.3) is 0 Å². The molecule has 1 N–H and O–H groups in total. The van der Waals surface area contributed by atoms with Crippen LogP contribution in [0, 0.1) is 5.82 Å². The number of nitrogens with zero attached hydrogens (tertiary/aromatic N) is 2. The minimum absolute atomic E-state index is 0.0993. The largest absolute Gasteiger partial charge is 0.411 e. The minimum atomic E-state index is -0.635. The van der Waals surface area contributed by atoms with Crippen molar-refractivity contribution in [1.29, 1.82) is 0 Å². The van der Waals surface area contributed by atoms with Crippen LogP contribution in [0.5, 0.6) is 0 Å². The van der Waals surface area contributed by atoms with Crippen molar-refractivity contribution in [2.24, 2.45) is 5.16 Å². The molecule has 0 saturated carbocycles. The van der Waals surface area contributed by atoms with Crippen molar-refractivity contribution in [2.75, 3.05) is 0 Å². The molecule has 58 valence electrons. The molecule has 0 aliphatic carbocycles. The number of aromatic nitrogens is 1. The van der Waals surface area contributed by atoms with E-state index in [1.165, 1.54) is 6.20 Å². The summed E-state index contributed by atoms with van der Waals surface area (Å²) in [6, 6.07) is 0. The lowest BCUT2D eigenvalue weighted by Crippen LogP contribution is -1.88. The maximum Gasteiger partial charge on any atom is 0.160 e. The molecule has 5 heteroatoms. The van der Waals surface area contributed by atoms with E-state index in [9.17, 15) is 4.39 Å². The van der Waals surface area contributed by atoms with Crippen LogP contribution in [-0.2, 0) is 0 Å². The second-order valence-corrected chi connectivity index (χ2v) is 2.15. The highest BCUT2D eigenvalue weighted by Gasteiger charge is 2.03. The van der Waals surface area contributed by atoms with Gasteiger partial charge in [-0.25, -0.2) is 4.39 Å². The standard InChI is InChI=1S/C6H4ClFN2O/c7-6-4(2-10-11)1-9-3-5(6)8/h1-3,11H/b10-2-. The molecule has 11 heavy (non-hydrogen) atoms. The summed E-state index contributed by atoms with van der Waals surface area (Å²) in [6.07, 6.45) is 3.29. The van der Waals surface area contributed by atoms with Crippen LogP contribution < -0.4 is 0 Å². The zero-order chi connectivity index (χ0) is 8.27. The summed E-state index contributed by atoms with van der Waals surface area (Å²) < 4.78 is 12.6. The van der Waals surface area contributed by atoms with Crippen LogP contribution >= 0.6 is 11.6 Å². The highest BCUT2D eigenvalue weighted by atomic mass is 35.5. The molecular formula is C6H4ClFN2O. The van der Waals surface area contributed by atoms with Crippen molar-refractivity contribution >= 4 is 17.8 Å². The lowest BCUT2D eigenvalue weighted by molar-refractivity contribution is 0.322. The van der Waals surface area contributed by atoms with Crippen molar-refractivity contribution < 1.29 is 9.60 Å². The zero-order valence-corrected chi connectivity index (χ0v) is 6.09. The SMILES string of the molecule is O/N=C\c1cncc(F)c1Cl.